The van der Waals surface area contributed by atoms with Gasteiger partial charge in [-0.2, -0.15) is 0 Å². The topological polar surface area (TPSA) is 39.1 Å². The van der Waals surface area contributed by atoms with Gasteiger partial charge in [0.2, 0.25) is 0 Å². The minimum absolute atomic E-state index is 0.643. The molecule has 0 spiro atoms. The minimum atomic E-state index is 0.643. The van der Waals surface area contributed by atoms with E-state index in [9.17, 15) is 0 Å². The molecule has 3 rings (SSSR count). The third-order valence-electron chi connectivity index (χ3n) is 5.10. The molecular formula is C14H29N6-. The highest BCUT2D eigenvalue weighted by Gasteiger charge is 2.33. The lowest BCUT2D eigenvalue weighted by molar-refractivity contribution is 0.0105. The van der Waals surface area contributed by atoms with Gasteiger partial charge < -0.3 is 20.5 Å². The van der Waals surface area contributed by atoms with Crippen molar-refractivity contribution < 1.29 is 0 Å². The molecule has 0 aromatic rings. The molecule has 0 radical (unpaired) electrons. The van der Waals surface area contributed by atoms with Gasteiger partial charge in [0.1, 0.15) is 0 Å². The molecule has 116 valence electrons. The molecule has 2 atom stereocenters. The third-order valence-corrected chi connectivity index (χ3v) is 5.10. The van der Waals surface area contributed by atoms with E-state index in [1.54, 1.807) is 0 Å². The van der Waals surface area contributed by atoms with E-state index in [4.69, 9.17) is 5.53 Å². The van der Waals surface area contributed by atoms with Crippen molar-refractivity contribution in [2.24, 2.45) is 0 Å². The number of hydrogen-bond donors (Lipinski definition) is 1. The van der Waals surface area contributed by atoms with E-state index >= 15 is 0 Å². The van der Waals surface area contributed by atoms with Crippen molar-refractivity contribution in [3.8, 4) is 0 Å². The Balaban J connectivity index is 1.54. The molecule has 0 aliphatic carbocycles. The number of piperidine rings is 2. The van der Waals surface area contributed by atoms with Crippen molar-refractivity contribution in [2.45, 2.75) is 37.8 Å². The molecule has 3 fully saturated rings. The molecular weight excluding hydrogens is 252 g/mol. The Labute approximate surface area is 123 Å². The van der Waals surface area contributed by atoms with E-state index in [-0.39, 0.29) is 0 Å². The summed E-state index contributed by atoms with van der Waals surface area (Å²) < 4.78 is 0. The summed E-state index contributed by atoms with van der Waals surface area (Å²) >= 11 is 0. The van der Waals surface area contributed by atoms with Crippen LogP contribution in [0.15, 0.2) is 0 Å². The number of hydrogen-bond acceptors (Lipinski definition) is 5. The Bertz CT molecular complexity index is 304. The number of likely N-dealkylation sites (tertiary alicyclic amines) is 1. The van der Waals surface area contributed by atoms with Crippen LogP contribution in [0.2, 0.25) is 0 Å². The Hall–Kier alpha value is -0.240. The lowest BCUT2D eigenvalue weighted by Gasteiger charge is -2.58. The normalized spacial score (nSPS) is 35.1. The fraction of sp³-hybridized carbons (Fsp3) is 1.00. The van der Waals surface area contributed by atoms with Crippen LogP contribution in [0.5, 0.6) is 0 Å². The molecule has 3 saturated heterocycles. The number of nitrogens with zero attached hydrogens (tertiary/aromatic N) is 5. The summed E-state index contributed by atoms with van der Waals surface area (Å²) in [4.78, 5) is 2.55. The second-order valence-electron chi connectivity index (χ2n) is 6.32. The lowest BCUT2D eigenvalue weighted by Crippen LogP contribution is -2.58. The highest BCUT2D eigenvalue weighted by Crippen LogP contribution is 2.31. The van der Waals surface area contributed by atoms with Crippen molar-refractivity contribution in [1.29, 1.82) is 0 Å². The number of piperazine rings is 1. The maximum Gasteiger partial charge on any atom is 0.0245 e. The molecule has 3 aliphatic rings. The van der Waals surface area contributed by atoms with Crippen LogP contribution in [0.3, 0.4) is 0 Å². The zero-order valence-corrected chi connectivity index (χ0v) is 13.0. The average molecular weight is 281 g/mol. The first-order chi connectivity index (χ1) is 9.78. The zero-order chi connectivity index (χ0) is 13.9. The smallest absolute Gasteiger partial charge is 0.0245 e. The Morgan fingerprint density at radius 3 is 2.35 bits per heavy atom. The van der Waals surface area contributed by atoms with Crippen LogP contribution in [0, 0.1) is 0 Å². The number of rotatable bonds is 3. The fourth-order valence-electron chi connectivity index (χ4n) is 3.87. The first-order valence-corrected chi connectivity index (χ1v) is 8.13. The largest absolute Gasteiger partial charge is 0.527 e. The molecule has 20 heavy (non-hydrogen) atoms. The van der Waals surface area contributed by atoms with Crippen molar-refractivity contribution in [2.75, 3.05) is 53.4 Å². The molecule has 0 aromatic heterocycles. The predicted molar refractivity (Wildman–Crippen MR) is 80.9 cm³/mol. The summed E-state index contributed by atoms with van der Waals surface area (Å²) in [5.74, 6) is 0. The van der Waals surface area contributed by atoms with Gasteiger partial charge in [0.25, 0.3) is 0 Å². The maximum atomic E-state index is 4.97. The number of likely N-dealkylation sites (N-methyl/N-ethyl adjacent to an activating group) is 1. The summed E-state index contributed by atoms with van der Waals surface area (Å²) in [6.45, 7) is 6.58. The van der Waals surface area contributed by atoms with E-state index < -0.39 is 0 Å². The molecule has 2 unspecified atom stereocenters. The summed E-state index contributed by atoms with van der Waals surface area (Å²) in [6.07, 6.45) is 5.26. The van der Waals surface area contributed by atoms with Crippen molar-refractivity contribution in [3.63, 3.8) is 0 Å². The standard InChI is InChI=1S/C14H29N6/c1-15-18-9-11-19(12-10-18)16-20-8-4-5-13-14(20)6-3-7-17(13)2/h13-15H,3-12H2,1-2H3/q-1. The Morgan fingerprint density at radius 1 is 0.900 bits per heavy atom. The van der Waals surface area contributed by atoms with Crippen molar-refractivity contribution in [1.82, 2.24) is 25.4 Å². The second-order valence-corrected chi connectivity index (χ2v) is 6.32. The van der Waals surface area contributed by atoms with Gasteiger partial charge >= 0.3 is 0 Å². The fourth-order valence-corrected chi connectivity index (χ4v) is 3.87. The molecule has 0 bridgehead atoms. The summed E-state index contributed by atoms with van der Waals surface area (Å²) in [7, 11) is 4.28. The minimum Gasteiger partial charge on any atom is -0.527 e. The van der Waals surface area contributed by atoms with Crippen LogP contribution in [0.25, 0.3) is 5.53 Å². The zero-order valence-electron chi connectivity index (χ0n) is 13.0. The quantitative estimate of drug-likeness (QED) is 0.816. The molecule has 0 aromatic carbocycles. The highest BCUT2D eigenvalue weighted by atomic mass is 15.8. The monoisotopic (exact) mass is 281 g/mol. The van der Waals surface area contributed by atoms with Gasteiger partial charge in [-0.25, -0.2) is 5.01 Å². The van der Waals surface area contributed by atoms with Crippen molar-refractivity contribution in [3.05, 3.63) is 5.53 Å². The van der Waals surface area contributed by atoms with E-state index in [2.05, 4.69) is 32.4 Å². The number of nitrogens with one attached hydrogen (secondary N) is 1. The first kappa shape index (κ1) is 14.7. The van der Waals surface area contributed by atoms with E-state index in [1.165, 1.54) is 32.2 Å². The number of hydrazine groups is 1. The lowest BCUT2D eigenvalue weighted by atomic mass is 9.89. The predicted octanol–water partition coefficient (Wildman–Crippen LogP) is 0.501. The van der Waals surface area contributed by atoms with Crippen molar-refractivity contribution >= 4 is 0 Å². The second kappa shape index (κ2) is 6.68. The van der Waals surface area contributed by atoms with E-state index in [1.807, 2.05) is 7.05 Å². The van der Waals surface area contributed by atoms with Crippen LogP contribution in [0.4, 0.5) is 0 Å². The Morgan fingerprint density at radius 2 is 1.60 bits per heavy atom. The van der Waals surface area contributed by atoms with Gasteiger partial charge in [-0.05, 0) is 66.0 Å². The van der Waals surface area contributed by atoms with Gasteiger partial charge in [-0.15, -0.1) is 0 Å². The average Bonchev–Trinajstić information content (AvgIpc) is 2.49. The molecule has 3 aliphatic heterocycles. The van der Waals surface area contributed by atoms with Gasteiger partial charge in [0.15, 0.2) is 0 Å². The molecule has 1 N–H and O–H groups in total. The summed E-state index contributed by atoms with van der Waals surface area (Å²) in [6, 6.07) is 1.37. The molecule has 0 saturated carbocycles. The molecule has 6 heteroatoms. The summed E-state index contributed by atoms with van der Waals surface area (Å²) in [5.41, 5.74) is 8.19. The van der Waals surface area contributed by atoms with Gasteiger partial charge in [0, 0.05) is 25.2 Å². The number of fused-ring (bicyclic) bond motifs is 1. The van der Waals surface area contributed by atoms with Crippen LogP contribution < -0.4 is 5.43 Å². The van der Waals surface area contributed by atoms with Gasteiger partial charge in [-0.3, -0.25) is 5.43 Å². The highest BCUT2D eigenvalue weighted by molar-refractivity contribution is 4.96. The first-order valence-electron chi connectivity index (χ1n) is 8.13. The summed E-state index contributed by atoms with van der Waals surface area (Å²) in [5, 5.41) is 6.93. The molecule has 0 amide bonds. The van der Waals surface area contributed by atoms with Crippen LogP contribution >= 0.6 is 0 Å². The van der Waals surface area contributed by atoms with Crippen LogP contribution in [-0.2, 0) is 0 Å². The van der Waals surface area contributed by atoms with E-state index in [0.29, 0.717) is 6.04 Å². The van der Waals surface area contributed by atoms with E-state index in [0.717, 1.165) is 38.8 Å². The van der Waals surface area contributed by atoms with Crippen LogP contribution in [0.1, 0.15) is 25.7 Å². The maximum absolute atomic E-state index is 4.97. The third kappa shape index (κ3) is 3.16. The molecule has 3 heterocycles. The molecule has 6 nitrogen and oxygen atoms in total. The van der Waals surface area contributed by atoms with Crippen LogP contribution in [-0.4, -0.2) is 85.4 Å². The van der Waals surface area contributed by atoms with Gasteiger partial charge in [0.05, 0.1) is 0 Å². The van der Waals surface area contributed by atoms with Gasteiger partial charge in [-0.1, -0.05) is 0 Å². The Kier molecular flexibility index (Phi) is 4.91. The SMILES string of the molecule is CNN1CCN([N-]N2CCCC3C2CCCN3C)CC1.